The van der Waals surface area contributed by atoms with Crippen LogP contribution in [-0.4, -0.2) is 22.7 Å². The Morgan fingerprint density at radius 1 is 1.47 bits per heavy atom. The fourth-order valence-corrected chi connectivity index (χ4v) is 2.61. The minimum Gasteiger partial charge on any atom is -0.497 e. The van der Waals surface area contributed by atoms with Gasteiger partial charge in [0.2, 0.25) is 0 Å². The van der Waals surface area contributed by atoms with Gasteiger partial charge in [-0.1, -0.05) is 6.07 Å². The number of hydrogen-bond acceptors (Lipinski definition) is 3. The molecule has 1 aromatic heterocycles. The molecule has 0 spiro atoms. The van der Waals surface area contributed by atoms with Crippen LogP contribution in [0.2, 0.25) is 0 Å². The number of halogens is 1. The van der Waals surface area contributed by atoms with Gasteiger partial charge >= 0.3 is 0 Å². The zero-order valence-electron chi connectivity index (χ0n) is 11.1. The number of nitrogens with zero attached hydrogens (tertiary/aromatic N) is 2. The van der Waals surface area contributed by atoms with Gasteiger partial charge in [0, 0.05) is 18.1 Å². The first-order valence-electron chi connectivity index (χ1n) is 5.90. The van der Waals surface area contributed by atoms with Crippen LogP contribution in [0.15, 0.2) is 28.9 Å². The number of hydrogen-bond donors (Lipinski definition) is 0. The van der Waals surface area contributed by atoms with Gasteiger partial charge in [0.25, 0.3) is 0 Å². The third-order valence-electron chi connectivity index (χ3n) is 2.85. The van der Waals surface area contributed by atoms with Crippen LogP contribution in [0, 0.1) is 6.92 Å². The highest BCUT2D eigenvalue weighted by molar-refractivity contribution is 9.10. The Balaban J connectivity index is 2.48. The molecule has 0 unspecified atom stereocenters. The van der Waals surface area contributed by atoms with Crippen LogP contribution in [0.25, 0.3) is 5.69 Å². The third kappa shape index (κ3) is 2.87. The summed E-state index contributed by atoms with van der Waals surface area (Å²) in [5.41, 5.74) is 2.67. The average molecular weight is 323 g/mol. The summed E-state index contributed by atoms with van der Waals surface area (Å²) in [6, 6.07) is 7.62. The quantitative estimate of drug-likeness (QED) is 0.868. The van der Waals surface area contributed by atoms with E-state index in [1.165, 1.54) is 0 Å². The molecule has 0 atom stereocenters. The lowest BCUT2D eigenvalue weighted by molar-refractivity contribution is -0.116. The topological polar surface area (TPSA) is 44.1 Å². The number of ketones is 1. The van der Waals surface area contributed by atoms with E-state index in [-0.39, 0.29) is 5.78 Å². The molecule has 100 valence electrons. The summed E-state index contributed by atoms with van der Waals surface area (Å²) in [7, 11) is 1.63. The molecular weight excluding hydrogens is 308 g/mol. The van der Waals surface area contributed by atoms with E-state index in [1.807, 2.05) is 31.2 Å². The first-order chi connectivity index (χ1) is 9.02. The largest absolute Gasteiger partial charge is 0.497 e. The summed E-state index contributed by atoms with van der Waals surface area (Å²) in [5, 5.41) is 4.47. The SMILES string of the molecule is COc1cccc(-n2nc(C)c(CC(C)=O)c2Br)c1. The first-order valence-corrected chi connectivity index (χ1v) is 6.70. The van der Waals surface area contributed by atoms with Crippen LogP contribution in [0.3, 0.4) is 0 Å². The molecule has 0 N–H and O–H groups in total. The molecular formula is C14H15BrN2O2. The molecule has 0 amide bonds. The number of carbonyl (C=O) groups excluding carboxylic acids is 1. The lowest BCUT2D eigenvalue weighted by atomic mass is 10.1. The van der Waals surface area contributed by atoms with Crippen molar-refractivity contribution in [1.29, 1.82) is 0 Å². The maximum atomic E-state index is 11.3. The van der Waals surface area contributed by atoms with E-state index >= 15 is 0 Å². The molecule has 0 saturated heterocycles. The second kappa shape index (κ2) is 5.57. The van der Waals surface area contributed by atoms with Gasteiger partial charge in [-0.3, -0.25) is 4.79 Å². The van der Waals surface area contributed by atoms with Crippen LogP contribution in [0.1, 0.15) is 18.2 Å². The van der Waals surface area contributed by atoms with Crippen molar-refractivity contribution in [2.24, 2.45) is 0 Å². The van der Waals surface area contributed by atoms with Gasteiger partial charge in [-0.05, 0) is 41.9 Å². The summed E-state index contributed by atoms with van der Waals surface area (Å²) in [4.78, 5) is 11.3. The standard InChI is InChI=1S/C14H15BrN2O2/c1-9(18)7-13-10(2)16-17(14(13)15)11-5-4-6-12(8-11)19-3/h4-6,8H,7H2,1-3H3. The monoisotopic (exact) mass is 322 g/mol. The highest BCUT2D eigenvalue weighted by atomic mass is 79.9. The molecule has 0 aliphatic heterocycles. The molecule has 1 heterocycles. The number of aromatic nitrogens is 2. The van der Waals surface area contributed by atoms with Crippen molar-refractivity contribution >= 4 is 21.7 Å². The molecule has 1 aromatic carbocycles. The Kier molecular flexibility index (Phi) is 4.04. The summed E-state index contributed by atoms with van der Waals surface area (Å²) in [6.07, 6.45) is 0.385. The predicted molar refractivity (Wildman–Crippen MR) is 76.9 cm³/mol. The van der Waals surface area contributed by atoms with Crippen molar-refractivity contribution in [2.45, 2.75) is 20.3 Å². The number of benzene rings is 1. The third-order valence-corrected chi connectivity index (χ3v) is 3.66. The smallest absolute Gasteiger partial charge is 0.134 e. The Hall–Kier alpha value is -1.62. The van der Waals surface area contributed by atoms with Gasteiger partial charge in [0.15, 0.2) is 0 Å². The number of Topliss-reactive ketones (excluding diaryl/α,β-unsaturated/α-hetero) is 1. The predicted octanol–water partition coefficient (Wildman–Crippen LogP) is 3.08. The number of ether oxygens (including phenoxy) is 1. The summed E-state index contributed by atoms with van der Waals surface area (Å²) >= 11 is 3.52. The van der Waals surface area contributed by atoms with E-state index in [0.717, 1.165) is 27.3 Å². The Labute approximate surface area is 120 Å². The summed E-state index contributed by atoms with van der Waals surface area (Å²) < 4.78 is 7.79. The molecule has 0 aliphatic carbocycles. The van der Waals surface area contributed by atoms with Crippen LogP contribution >= 0.6 is 15.9 Å². The molecule has 19 heavy (non-hydrogen) atoms. The minimum atomic E-state index is 0.119. The van der Waals surface area contributed by atoms with Crippen molar-refractivity contribution in [3.05, 3.63) is 40.1 Å². The van der Waals surface area contributed by atoms with Crippen LogP contribution in [0.4, 0.5) is 0 Å². The van der Waals surface area contributed by atoms with E-state index < -0.39 is 0 Å². The van der Waals surface area contributed by atoms with Crippen molar-refractivity contribution in [1.82, 2.24) is 9.78 Å². The van der Waals surface area contributed by atoms with Gasteiger partial charge in [0.1, 0.15) is 16.1 Å². The molecule has 0 aliphatic rings. The summed E-state index contributed by atoms with van der Waals surface area (Å²) in [6.45, 7) is 3.48. The molecule has 5 heteroatoms. The van der Waals surface area contributed by atoms with E-state index in [0.29, 0.717) is 6.42 Å². The normalized spacial score (nSPS) is 10.5. The Bertz CT molecular complexity index is 620. The van der Waals surface area contributed by atoms with Crippen molar-refractivity contribution < 1.29 is 9.53 Å². The van der Waals surface area contributed by atoms with E-state index in [9.17, 15) is 4.79 Å². The maximum Gasteiger partial charge on any atom is 0.134 e. The lowest BCUT2D eigenvalue weighted by Crippen LogP contribution is -1.99. The molecule has 4 nitrogen and oxygen atoms in total. The maximum absolute atomic E-state index is 11.3. The number of methoxy groups -OCH3 is 1. The van der Waals surface area contributed by atoms with Gasteiger partial charge in [0.05, 0.1) is 18.5 Å². The van der Waals surface area contributed by atoms with Crippen LogP contribution in [0.5, 0.6) is 5.75 Å². The highest BCUT2D eigenvalue weighted by Crippen LogP contribution is 2.26. The average Bonchev–Trinajstić information content (AvgIpc) is 2.66. The van der Waals surface area contributed by atoms with Gasteiger partial charge < -0.3 is 4.74 Å². The Morgan fingerprint density at radius 2 is 2.21 bits per heavy atom. The second-order valence-electron chi connectivity index (χ2n) is 4.35. The van der Waals surface area contributed by atoms with Gasteiger partial charge in [-0.25, -0.2) is 4.68 Å². The highest BCUT2D eigenvalue weighted by Gasteiger charge is 2.15. The zero-order chi connectivity index (χ0) is 14.0. The number of aryl methyl sites for hydroxylation is 1. The zero-order valence-corrected chi connectivity index (χ0v) is 12.7. The molecule has 2 rings (SSSR count). The Morgan fingerprint density at radius 3 is 2.84 bits per heavy atom. The van der Waals surface area contributed by atoms with E-state index in [1.54, 1.807) is 18.7 Å². The molecule has 0 bridgehead atoms. The fourth-order valence-electron chi connectivity index (χ4n) is 1.89. The van der Waals surface area contributed by atoms with E-state index in [2.05, 4.69) is 21.0 Å². The van der Waals surface area contributed by atoms with Crippen molar-refractivity contribution in [3.63, 3.8) is 0 Å². The molecule has 0 saturated carbocycles. The molecule has 0 radical (unpaired) electrons. The minimum absolute atomic E-state index is 0.119. The second-order valence-corrected chi connectivity index (χ2v) is 5.10. The molecule has 0 fully saturated rings. The van der Waals surface area contributed by atoms with Gasteiger partial charge in [-0.15, -0.1) is 0 Å². The van der Waals surface area contributed by atoms with Crippen LogP contribution < -0.4 is 4.74 Å². The van der Waals surface area contributed by atoms with Crippen LogP contribution in [-0.2, 0) is 11.2 Å². The van der Waals surface area contributed by atoms with Crippen molar-refractivity contribution in [3.8, 4) is 11.4 Å². The fraction of sp³-hybridized carbons (Fsp3) is 0.286. The van der Waals surface area contributed by atoms with E-state index in [4.69, 9.17) is 4.74 Å². The first kappa shape index (κ1) is 13.8. The molecule has 2 aromatic rings. The van der Waals surface area contributed by atoms with Gasteiger partial charge in [-0.2, -0.15) is 5.10 Å². The lowest BCUT2D eigenvalue weighted by Gasteiger charge is -2.06. The number of carbonyl (C=O) groups is 1. The number of rotatable bonds is 4. The van der Waals surface area contributed by atoms with Crippen molar-refractivity contribution in [2.75, 3.05) is 7.11 Å². The summed E-state index contributed by atoms with van der Waals surface area (Å²) in [5.74, 6) is 0.889.